The van der Waals surface area contributed by atoms with E-state index in [1.54, 1.807) is 12.5 Å². The highest BCUT2D eigenvalue weighted by molar-refractivity contribution is 5.55. The molecule has 3 aromatic rings. The van der Waals surface area contributed by atoms with Crippen LogP contribution in [-0.2, 0) is 13.0 Å². The number of aromatic amines is 1. The van der Waals surface area contributed by atoms with Crippen LogP contribution < -0.4 is 5.32 Å². The molecule has 2 N–H and O–H groups in total. The van der Waals surface area contributed by atoms with Crippen molar-refractivity contribution >= 4 is 11.6 Å². The summed E-state index contributed by atoms with van der Waals surface area (Å²) in [5, 5.41) is 3.30. The summed E-state index contributed by atoms with van der Waals surface area (Å²) in [5.74, 6) is 3.28. The molecule has 4 heterocycles. The fraction of sp³-hybridized carbons (Fsp3) is 0.400. The van der Waals surface area contributed by atoms with E-state index in [0.717, 1.165) is 54.8 Å². The lowest BCUT2D eigenvalue weighted by molar-refractivity contribution is 0.163. The van der Waals surface area contributed by atoms with Gasteiger partial charge in [0, 0.05) is 36.9 Å². The van der Waals surface area contributed by atoms with Crippen LogP contribution in [0.3, 0.4) is 0 Å². The van der Waals surface area contributed by atoms with Crippen molar-refractivity contribution < 1.29 is 0 Å². The lowest BCUT2D eigenvalue weighted by atomic mass is 9.93. The van der Waals surface area contributed by atoms with Gasteiger partial charge in [0.2, 0.25) is 0 Å². The van der Waals surface area contributed by atoms with Crippen LogP contribution in [-0.4, -0.2) is 42.9 Å². The van der Waals surface area contributed by atoms with Crippen LogP contribution >= 0.6 is 0 Å². The number of nitrogens with one attached hydrogen (secondary N) is 2. The van der Waals surface area contributed by atoms with E-state index in [2.05, 4.69) is 35.1 Å². The van der Waals surface area contributed by atoms with E-state index in [1.807, 2.05) is 37.5 Å². The number of aryl methyl sites for hydroxylation is 1. The van der Waals surface area contributed by atoms with E-state index in [-0.39, 0.29) is 0 Å². The zero-order valence-electron chi connectivity index (χ0n) is 15.6. The van der Waals surface area contributed by atoms with Gasteiger partial charge in [-0.05, 0) is 50.3 Å². The van der Waals surface area contributed by atoms with Crippen molar-refractivity contribution in [1.82, 2.24) is 29.8 Å². The van der Waals surface area contributed by atoms with E-state index >= 15 is 0 Å². The molecule has 1 atom stereocenters. The van der Waals surface area contributed by atoms with E-state index in [1.165, 1.54) is 12.8 Å². The molecule has 4 rings (SSSR count). The van der Waals surface area contributed by atoms with E-state index in [9.17, 15) is 0 Å². The van der Waals surface area contributed by atoms with Crippen LogP contribution in [0.1, 0.15) is 29.9 Å². The van der Waals surface area contributed by atoms with Crippen molar-refractivity contribution in [2.45, 2.75) is 32.7 Å². The van der Waals surface area contributed by atoms with Gasteiger partial charge in [0.05, 0.1) is 6.54 Å². The average Bonchev–Trinajstić information content (AvgIpc) is 3.17. The highest BCUT2D eigenvalue weighted by Crippen LogP contribution is 2.22. The fourth-order valence-electron chi connectivity index (χ4n) is 3.67. The molecule has 0 aliphatic carbocycles. The Kier molecular flexibility index (Phi) is 5.39. The Hall–Kier alpha value is -2.80. The molecule has 7 heteroatoms. The van der Waals surface area contributed by atoms with Crippen LogP contribution in [0.2, 0.25) is 0 Å². The number of hydrogen-bond donors (Lipinski definition) is 2. The number of aromatic nitrogens is 5. The van der Waals surface area contributed by atoms with Crippen LogP contribution in [0.25, 0.3) is 0 Å². The molecule has 7 nitrogen and oxygen atoms in total. The summed E-state index contributed by atoms with van der Waals surface area (Å²) in [6.07, 6.45) is 10.5. The predicted octanol–water partition coefficient (Wildman–Crippen LogP) is 3.10. The van der Waals surface area contributed by atoms with E-state index < -0.39 is 0 Å². The van der Waals surface area contributed by atoms with Crippen molar-refractivity contribution in [1.29, 1.82) is 0 Å². The molecular weight excluding hydrogens is 338 g/mol. The SMILES string of the molecule is Cc1cccnc1Nc1cc(CC2CCCN(Cc3ncc[nH]3)C2)ncn1. The first kappa shape index (κ1) is 17.6. The van der Waals surface area contributed by atoms with Crippen LogP contribution in [0.15, 0.2) is 43.1 Å². The fourth-order valence-corrected chi connectivity index (χ4v) is 3.67. The van der Waals surface area contributed by atoms with Gasteiger partial charge in [-0.2, -0.15) is 0 Å². The number of hydrogen-bond acceptors (Lipinski definition) is 6. The van der Waals surface area contributed by atoms with Crippen molar-refractivity contribution in [2.75, 3.05) is 18.4 Å². The molecule has 1 unspecified atom stereocenters. The molecule has 0 bridgehead atoms. The first-order chi connectivity index (χ1) is 13.3. The zero-order chi connectivity index (χ0) is 18.5. The number of anilines is 2. The number of piperidine rings is 1. The summed E-state index contributed by atoms with van der Waals surface area (Å²) in [4.78, 5) is 23.2. The largest absolute Gasteiger partial charge is 0.348 e. The predicted molar refractivity (Wildman–Crippen MR) is 105 cm³/mol. The third kappa shape index (κ3) is 4.68. The van der Waals surface area contributed by atoms with Crippen LogP contribution in [0.4, 0.5) is 11.6 Å². The molecule has 0 radical (unpaired) electrons. The van der Waals surface area contributed by atoms with Crippen LogP contribution in [0, 0.1) is 12.8 Å². The third-order valence-electron chi connectivity index (χ3n) is 5.01. The molecule has 140 valence electrons. The Labute approximate surface area is 159 Å². The lowest BCUT2D eigenvalue weighted by Crippen LogP contribution is -2.36. The quantitative estimate of drug-likeness (QED) is 0.700. The number of nitrogens with zero attached hydrogens (tertiary/aromatic N) is 5. The minimum Gasteiger partial charge on any atom is -0.348 e. The molecule has 1 aliphatic heterocycles. The number of pyridine rings is 1. The second-order valence-electron chi connectivity index (χ2n) is 7.17. The molecule has 0 spiro atoms. The van der Waals surface area contributed by atoms with Crippen molar-refractivity contribution in [3.05, 3.63) is 60.2 Å². The molecule has 3 aromatic heterocycles. The Balaban J connectivity index is 1.38. The Morgan fingerprint density at radius 3 is 3.04 bits per heavy atom. The Bertz CT molecular complexity index is 862. The first-order valence-electron chi connectivity index (χ1n) is 9.46. The topological polar surface area (TPSA) is 82.6 Å². The highest BCUT2D eigenvalue weighted by Gasteiger charge is 2.21. The molecule has 1 fully saturated rings. The van der Waals surface area contributed by atoms with Gasteiger partial charge in [-0.25, -0.2) is 19.9 Å². The first-order valence-corrected chi connectivity index (χ1v) is 9.46. The molecule has 0 amide bonds. The van der Waals surface area contributed by atoms with Gasteiger partial charge in [0.25, 0.3) is 0 Å². The lowest BCUT2D eigenvalue weighted by Gasteiger charge is -2.32. The molecule has 27 heavy (non-hydrogen) atoms. The minimum absolute atomic E-state index is 0.605. The van der Waals surface area contributed by atoms with Gasteiger partial charge in [-0.1, -0.05) is 6.07 Å². The maximum atomic E-state index is 4.49. The van der Waals surface area contributed by atoms with Gasteiger partial charge in [0.1, 0.15) is 23.8 Å². The second-order valence-corrected chi connectivity index (χ2v) is 7.17. The molecular formula is C20H25N7. The maximum Gasteiger partial charge on any atom is 0.135 e. The van der Waals surface area contributed by atoms with Crippen molar-refractivity contribution in [3.8, 4) is 0 Å². The number of imidazole rings is 1. The normalized spacial score (nSPS) is 17.7. The smallest absolute Gasteiger partial charge is 0.135 e. The summed E-state index contributed by atoms with van der Waals surface area (Å²) < 4.78 is 0. The molecule has 0 aromatic carbocycles. The maximum absolute atomic E-state index is 4.49. The third-order valence-corrected chi connectivity index (χ3v) is 5.01. The average molecular weight is 363 g/mol. The Morgan fingerprint density at radius 2 is 2.19 bits per heavy atom. The summed E-state index contributed by atoms with van der Waals surface area (Å²) >= 11 is 0. The minimum atomic E-state index is 0.605. The van der Waals surface area contributed by atoms with Crippen molar-refractivity contribution in [3.63, 3.8) is 0 Å². The number of H-pyrrole nitrogens is 1. The summed E-state index contributed by atoms with van der Waals surface area (Å²) in [7, 11) is 0. The monoisotopic (exact) mass is 363 g/mol. The molecule has 0 saturated carbocycles. The van der Waals surface area contributed by atoms with Crippen molar-refractivity contribution in [2.24, 2.45) is 5.92 Å². The number of rotatable bonds is 6. The zero-order valence-corrected chi connectivity index (χ0v) is 15.6. The van der Waals surface area contributed by atoms with Gasteiger partial charge < -0.3 is 10.3 Å². The molecule has 1 saturated heterocycles. The second kappa shape index (κ2) is 8.26. The van der Waals surface area contributed by atoms with E-state index in [4.69, 9.17) is 0 Å². The standard InChI is InChI=1S/C20H25N7/c1-15-4-2-6-23-20(15)26-18-11-17(24-14-25-18)10-16-5-3-9-27(12-16)13-19-21-7-8-22-19/h2,4,6-8,11,14,16H,3,5,9-10,12-13H2,1H3,(H,21,22)(H,23,24,25,26). The number of likely N-dealkylation sites (tertiary alicyclic amines) is 1. The summed E-state index contributed by atoms with van der Waals surface area (Å²) in [6.45, 7) is 5.13. The van der Waals surface area contributed by atoms with E-state index in [0.29, 0.717) is 5.92 Å². The highest BCUT2D eigenvalue weighted by atomic mass is 15.2. The van der Waals surface area contributed by atoms with Gasteiger partial charge >= 0.3 is 0 Å². The van der Waals surface area contributed by atoms with Gasteiger partial charge in [-0.15, -0.1) is 0 Å². The summed E-state index contributed by atoms with van der Waals surface area (Å²) in [5.41, 5.74) is 2.17. The van der Waals surface area contributed by atoms with Gasteiger partial charge in [-0.3, -0.25) is 4.90 Å². The van der Waals surface area contributed by atoms with Gasteiger partial charge in [0.15, 0.2) is 0 Å². The van der Waals surface area contributed by atoms with Crippen LogP contribution in [0.5, 0.6) is 0 Å². The molecule has 1 aliphatic rings. The Morgan fingerprint density at radius 1 is 1.22 bits per heavy atom. The summed E-state index contributed by atoms with van der Waals surface area (Å²) in [6, 6.07) is 6.01.